The lowest BCUT2D eigenvalue weighted by molar-refractivity contribution is 0.0989. The standard InChI is InChI=1S/C16H15ClN2O2/c1-18(2)16(21)19(14-10-8-13(17)9-11-14)15(20)12-6-4-3-5-7-12/h3-11H,1-2H3. The SMILES string of the molecule is CN(C)C(=O)N(C(=O)c1ccccc1)c1ccc(Cl)cc1. The van der Waals surface area contributed by atoms with E-state index in [1.54, 1.807) is 62.6 Å². The van der Waals surface area contributed by atoms with E-state index in [1.165, 1.54) is 4.90 Å². The average molecular weight is 303 g/mol. The molecule has 5 heteroatoms. The van der Waals surface area contributed by atoms with Crippen LogP contribution in [-0.2, 0) is 0 Å². The highest BCUT2D eigenvalue weighted by atomic mass is 35.5. The maximum Gasteiger partial charge on any atom is 0.331 e. The summed E-state index contributed by atoms with van der Waals surface area (Å²) in [5, 5.41) is 0.545. The largest absolute Gasteiger partial charge is 0.331 e. The van der Waals surface area contributed by atoms with E-state index in [1.807, 2.05) is 6.07 Å². The number of urea groups is 1. The van der Waals surface area contributed by atoms with Crippen molar-refractivity contribution >= 4 is 29.2 Å². The molecule has 0 saturated heterocycles. The number of anilines is 1. The van der Waals surface area contributed by atoms with Crippen molar-refractivity contribution in [3.63, 3.8) is 0 Å². The van der Waals surface area contributed by atoms with Crippen LogP contribution in [-0.4, -0.2) is 30.9 Å². The first kappa shape index (κ1) is 15.1. The van der Waals surface area contributed by atoms with Crippen LogP contribution in [0.2, 0.25) is 5.02 Å². The third kappa shape index (κ3) is 3.41. The Morgan fingerprint density at radius 2 is 1.48 bits per heavy atom. The van der Waals surface area contributed by atoms with Gasteiger partial charge in [0.15, 0.2) is 0 Å². The zero-order chi connectivity index (χ0) is 15.4. The lowest BCUT2D eigenvalue weighted by Gasteiger charge is -2.24. The second-order valence-electron chi connectivity index (χ2n) is 4.66. The Bertz CT molecular complexity index is 639. The van der Waals surface area contributed by atoms with Gasteiger partial charge in [0, 0.05) is 24.7 Å². The van der Waals surface area contributed by atoms with E-state index < -0.39 is 6.03 Å². The first-order valence-electron chi connectivity index (χ1n) is 6.37. The van der Waals surface area contributed by atoms with Gasteiger partial charge in [-0.3, -0.25) is 4.79 Å². The van der Waals surface area contributed by atoms with Crippen LogP contribution in [0.15, 0.2) is 54.6 Å². The van der Waals surface area contributed by atoms with Gasteiger partial charge < -0.3 is 4.90 Å². The summed E-state index contributed by atoms with van der Waals surface area (Å²) in [4.78, 5) is 27.4. The summed E-state index contributed by atoms with van der Waals surface area (Å²) in [5.41, 5.74) is 0.926. The molecule has 0 spiro atoms. The van der Waals surface area contributed by atoms with Gasteiger partial charge in [-0.05, 0) is 36.4 Å². The van der Waals surface area contributed by atoms with E-state index in [0.29, 0.717) is 16.3 Å². The molecule has 0 bridgehead atoms. The van der Waals surface area contributed by atoms with E-state index in [2.05, 4.69) is 0 Å². The molecule has 0 aliphatic heterocycles. The van der Waals surface area contributed by atoms with Crippen LogP contribution < -0.4 is 4.90 Å². The van der Waals surface area contributed by atoms with Gasteiger partial charge in [0.05, 0.1) is 5.69 Å². The Balaban J connectivity index is 2.44. The Morgan fingerprint density at radius 1 is 0.905 bits per heavy atom. The molecule has 2 rings (SSSR count). The minimum Gasteiger partial charge on any atom is -0.330 e. The second-order valence-corrected chi connectivity index (χ2v) is 5.10. The van der Waals surface area contributed by atoms with Gasteiger partial charge in [0.1, 0.15) is 0 Å². The molecule has 0 radical (unpaired) electrons. The van der Waals surface area contributed by atoms with Crippen LogP contribution in [0.5, 0.6) is 0 Å². The van der Waals surface area contributed by atoms with Crippen molar-refractivity contribution in [3.05, 3.63) is 65.2 Å². The normalized spacial score (nSPS) is 10.0. The summed E-state index contributed by atoms with van der Waals surface area (Å²) >= 11 is 5.86. The predicted octanol–water partition coefficient (Wildman–Crippen LogP) is 3.67. The van der Waals surface area contributed by atoms with Crippen molar-refractivity contribution in [3.8, 4) is 0 Å². The Hall–Kier alpha value is -2.33. The van der Waals surface area contributed by atoms with Gasteiger partial charge in [-0.15, -0.1) is 0 Å². The van der Waals surface area contributed by atoms with E-state index in [9.17, 15) is 9.59 Å². The molecule has 0 atom stereocenters. The molecule has 4 nitrogen and oxygen atoms in total. The van der Waals surface area contributed by atoms with Gasteiger partial charge in [0.2, 0.25) is 0 Å². The van der Waals surface area contributed by atoms with Gasteiger partial charge in [-0.2, -0.15) is 0 Å². The summed E-state index contributed by atoms with van der Waals surface area (Å²) < 4.78 is 0. The highest BCUT2D eigenvalue weighted by Crippen LogP contribution is 2.21. The third-order valence-corrected chi connectivity index (χ3v) is 3.13. The maximum absolute atomic E-state index is 12.6. The monoisotopic (exact) mass is 302 g/mol. The van der Waals surface area contributed by atoms with Gasteiger partial charge >= 0.3 is 6.03 Å². The molecule has 0 aromatic heterocycles. The molecule has 108 valence electrons. The molecule has 0 aliphatic carbocycles. The van der Waals surface area contributed by atoms with E-state index in [4.69, 9.17) is 11.6 Å². The number of hydrogen-bond donors (Lipinski definition) is 0. The van der Waals surface area contributed by atoms with Crippen molar-refractivity contribution in [2.24, 2.45) is 0 Å². The molecular weight excluding hydrogens is 288 g/mol. The number of halogens is 1. The molecule has 0 aliphatic rings. The molecule has 0 saturated carbocycles. The fourth-order valence-corrected chi connectivity index (χ4v) is 1.94. The lowest BCUT2D eigenvalue weighted by Crippen LogP contribution is -2.43. The number of carbonyl (C=O) groups excluding carboxylic acids is 2. The molecule has 3 amide bonds. The van der Waals surface area contributed by atoms with Crippen molar-refractivity contribution in [1.29, 1.82) is 0 Å². The molecule has 0 heterocycles. The van der Waals surface area contributed by atoms with Crippen molar-refractivity contribution < 1.29 is 9.59 Å². The van der Waals surface area contributed by atoms with Crippen LogP contribution in [0.1, 0.15) is 10.4 Å². The third-order valence-electron chi connectivity index (χ3n) is 2.88. The van der Waals surface area contributed by atoms with Gasteiger partial charge in [-0.25, -0.2) is 9.69 Å². The summed E-state index contributed by atoms with van der Waals surface area (Å²) in [7, 11) is 3.20. The Morgan fingerprint density at radius 3 is 2.00 bits per heavy atom. The van der Waals surface area contributed by atoms with Crippen LogP contribution in [0.25, 0.3) is 0 Å². The minimum atomic E-state index is -0.411. The van der Waals surface area contributed by atoms with Crippen LogP contribution in [0, 0.1) is 0 Å². The van der Waals surface area contributed by atoms with E-state index >= 15 is 0 Å². The van der Waals surface area contributed by atoms with Crippen LogP contribution >= 0.6 is 11.6 Å². The summed E-state index contributed by atoms with van der Waals surface area (Å²) in [5.74, 6) is -0.378. The molecule has 0 fully saturated rings. The number of amides is 3. The molecule has 0 N–H and O–H groups in total. The average Bonchev–Trinajstić information content (AvgIpc) is 2.50. The van der Waals surface area contributed by atoms with Gasteiger partial charge in [0.25, 0.3) is 5.91 Å². The number of imide groups is 1. The zero-order valence-corrected chi connectivity index (χ0v) is 12.5. The Kier molecular flexibility index (Phi) is 4.60. The first-order chi connectivity index (χ1) is 10.0. The van der Waals surface area contributed by atoms with Crippen molar-refractivity contribution in [1.82, 2.24) is 4.90 Å². The molecule has 0 unspecified atom stereocenters. The number of carbonyl (C=O) groups is 2. The van der Waals surface area contributed by atoms with Crippen molar-refractivity contribution in [2.75, 3.05) is 19.0 Å². The number of nitrogens with zero attached hydrogens (tertiary/aromatic N) is 2. The maximum atomic E-state index is 12.6. The second kappa shape index (κ2) is 6.41. The van der Waals surface area contributed by atoms with Gasteiger partial charge in [-0.1, -0.05) is 29.8 Å². The molecular formula is C16H15ClN2O2. The first-order valence-corrected chi connectivity index (χ1v) is 6.75. The summed E-state index contributed by atoms with van der Waals surface area (Å²) in [6, 6.07) is 14.8. The van der Waals surface area contributed by atoms with Crippen molar-refractivity contribution in [2.45, 2.75) is 0 Å². The predicted molar refractivity (Wildman–Crippen MR) is 83.8 cm³/mol. The number of rotatable bonds is 2. The quantitative estimate of drug-likeness (QED) is 0.849. The topological polar surface area (TPSA) is 40.6 Å². The van der Waals surface area contributed by atoms with Crippen LogP contribution in [0.4, 0.5) is 10.5 Å². The highest BCUT2D eigenvalue weighted by Gasteiger charge is 2.25. The highest BCUT2D eigenvalue weighted by molar-refractivity contribution is 6.30. The number of hydrogen-bond acceptors (Lipinski definition) is 2. The van der Waals surface area contributed by atoms with E-state index in [0.717, 1.165) is 4.90 Å². The fourth-order valence-electron chi connectivity index (χ4n) is 1.81. The van der Waals surface area contributed by atoms with Crippen LogP contribution in [0.3, 0.4) is 0 Å². The summed E-state index contributed by atoms with van der Waals surface area (Å²) in [6.07, 6.45) is 0. The molecule has 2 aromatic rings. The number of benzene rings is 2. The Labute approximate surface area is 128 Å². The fraction of sp³-hybridized carbons (Fsp3) is 0.125. The molecule has 21 heavy (non-hydrogen) atoms. The smallest absolute Gasteiger partial charge is 0.330 e. The zero-order valence-electron chi connectivity index (χ0n) is 11.8. The van der Waals surface area contributed by atoms with E-state index in [-0.39, 0.29) is 5.91 Å². The lowest BCUT2D eigenvalue weighted by atomic mass is 10.2. The summed E-state index contributed by atoms with van der Waals surface area (Å²) in [6.45, 7) is 0. The minimum absolute atomic E-state index is 0.378. The molecule has 2 aromatic carbocycles.